The molecule has 0 saturated heterocycles. The lowest BCUT2D eigenvalue weighted by Gasteiger charge is -2.42. The minimum absolute atomic E-state index is 0.0472. The van der Waals surface area contributed by atoms with Crippen LogP contribution in [0, 0.1) is 0 Å². The molecule has 0 spiro atoms. The van der Waals surface area contributed by atoms with Crippen LogP contribution in [0.2, 0.25) is 0 Å². The van der Waals surface area contributed by atoms with Crippen molar-refractivity contribution in [1.82, 2.24) is 0 Å². The summed E-state index contributed by atoms with van der Waals surface area (Å²) in [7, 11) is 0. The molecule has 0 aliphatic rings. The number of alkyl halides is 17. The van der Waals surface area contributed by atoms with Crippen molar-refractivity contribution in [2.24, 2.45) is 0 Å². The summed E-state index contributed by atoms with van der Waals surface area (Å²) in [6, 6.07) is 0. The molecule has 0 fully saturated rings. The average Bonchev–Trinajstić information content (AvgIpc) is 2.80. The first-order chi connectivity index (χ1) is 17.8. The molecule has 0 aliphatic heterocycles. The molecule has 0 heterocycles. The fraction of sp³-hybridized carbons (Fsp3) is 1.00. The number of ether oxygens (including phenoxy) is 4. The highest BCUT2D eigenvalue weighted by atomic mass is 19.4. The Kier molecular flexibility index (Phi) is 13.2. The highest BCUT2D eigenvalue weighted by Crippen LogP contribution is 2.64. The Balaban J connectivity index is 5.22. The summed E-state index contributed by atoms with van der Waals surface area (Å²) in [4.78, 5) is 0. The summed E-state index contributed by atoms with van der Waals surface area (Å²) in [5.74, 6) is -56.5. The molecule has 0 aromatic rings. The standard InChI is InChI=1S/C18H21F17O5/c19-11(20,1-3-37-5-7-39-9-10-40-8-6-38-4-2-36)12(21,22)13(23,24)14(25,26)15(27,28)16(29,30)17(31,32)18(33,34)35/h36H,1-10H2. The molecular weight excluding hydrogens is 619 g/mol. The van der Waals surface area contributed by atoms with E-state index in [9.17, 15) is 74.6 Å². The second kappa shape index (κ2) is 13.7. The van der Waals surface area contributed by atoms with Crippen LogP contribution in [0.5, 0.6) is 0 Å². The molecule has 0 bridgehead atoms. The Hall–Kier alpha value is -1.39. The second-order valence-corrected chi connectivity index (χ2v) is 7.57. The fourth-order valence-corrected chi connectivity index (χ4v) is 2.38. The van der Waals surface area contributed by atoms with E-state index in [0.29, 0.717) is 0 Å². The molecular formula is C18H21F17O5. The number of halogens is 17. The van der Waals surface area contributed by atoms with Gasteiger partial charge in [0.15, 0.2) is 0 Å². The largest absolute Gasteiger partial charge is 0.460 e. The molecule has 0 unspecified atom stereocenters. The van der Waals surface area contributed by atoms with Gasteiger partial charge in [-0.15, -0.1) is 0 Å². The first kappa shape index (κ1) is 38.6. The van der Waals surface area contributed by atoms with Gasteiger partial charge in [-0.2, -0.15) is 74.6 Å². The lowest BCUT2D eigenvalue weighted by atomic mass is 9.88. The fourth-order valence-electron chi connectivity index (χ4n) is 2.38. The highest BCUT2D eigenvalue weighted by Gasteiger charge is 2.95. The van der Waals surface area contributed by atoms with Crippen molar-refractivity contribution in [3.8, 4) is 0 Å². The van der Waals surface area contributed by atoms with Gasteiger partial charge < -0.3 is 24.1 Å². The van der Waals surface area contributed by atoms with Crippen molar-refractivity contribution >= 4 is 0 Å². The molecule has 5 nitrogen and oxygen atoms in total. The minimum atomic E-state index is -8.65. The molecule has 0 atom stereocenters. The maximum Gasteiger partial charge on any atom is 0.460 e. The normalized spacial score (nSPS) is 15.2. The zero-order chi connectivity index (χ0) is 31.9. The summed E-state index contributed by atoms with van der Waals surface area (Å²) in [6.45, 7) is -3.13. The zero-order valence-corrected chi connectivity index (χ0v) is 19.6. The van der Waals surface area contributed by atoms with Crippen molar-refractivity contribution in [3.05, 3.63) is 0 Å². The van der Waals surface area contributed by atoms with Gasteiger partial charge in [0.05, 0.1) is 59.5 Å². The number of aliphatic hydroxyl groups excluding tert-OH is 1. The first-order valence-electron chi connectivity index (χ1n) is 10.4. The SMILES string of the molecule is OCCOCCOCCOCCOCCC(F)(F)C(F)(F)C(F)(F)C(F)(F)C(F)(F)C(F)(F)C(F)(F)C(F)(F)F. The Morgan fingerprint density at radius 1 is 0.350 bits per heavy atom. The Bertz CT molecular complexity index is 758. The first-order valence-corrected chi connectivity index (χ1v) is 10.4. The lowest BCUT2D eigenvalue weighted by Crippen LogP contribution is -2.74. The predicted molar refractivity (Wildman–Crippen MR) is 95.7 cm³/mol. The quantitative estimate of drug-likeness (QED) is 0.142. The second-order valence-electron chi connectivity index (χ2n) is 7.57. The molecule has 0 aromatic heterocycles. The molecule has 0 aliphatic carbocycles. The van der Waals surface area contributed by atoms with E-state index < -0.39 is 73.9 Å². The maximum absolute atomic E-state index is 13.7. The van der Waals surface area contributed by atoms with Gasteiger partial charge in [0.25, 0.3) is 0 Å². The van der Waals surface area contributed by atoms with Gasteiger partial charge in [-0.3, -0.25) is 0 Å². The van der Waals surface area contributed by atoms with Gasteiger partial charge in [0.1, 0.15) is 0 Å². The number of rotatable bonds is 20. The zero-order valence-electron chi connectivity index (χ0n) is 19.6. The molecule has 22 heteroatoms. The van der Waals surface area contributed by atoms with Crippen LogP contribution in [0.25, 0.3) is 0 Å². The van der Waals surface area contributed by atoms with Crippen LogP contribution in [0.15, 0.2) is 0 Å². The third kappa shape index (κ3) is 7.71. The van der Waals surface area contributed by atoms with Crippen LogP contribution >= 0.6 is 0 Å². The van der Waals surface area contributed by atoms with Gasteiger partial charge in [-0.1, -0.05) is 0 Å². The van der Waals surface area contributed by atoms with Crippen LogP contribution in [-0.2, 0) is 18.9 Å². The summed E-state index contributed by atoms with van der Waals surface area (Å²) in [5.41, 5.74) is 0. The molecule has 40 heavy (non-hydrogen) atoms. The molecule has 0 radical (unpaired) electrons. The monoisotopic (exact) mass is 640 g/mol. The van der Waals surface area contributed by atoms with Gasteiger partial charge in [0.2, 0.25) is 0 Å². The summed E-state index contributed by atoms with van der Waals surface area (Å²) in [5, 5.41) is 8.44. The molecule has 242 valence electrons. The van der Waals surface area contributed by atoms with Gasteiger partial charge in [0, 0.05) is 6.42 Å². The molecule has 0 rings (SSSR count). The minimum Gasteiger partial charge on any atom is -0.394 e. The lowest BCUT2D eigenvalue weighted by molar-refractivity contribution is -0.462. The van der Waals surface area contributed by atoms with E-state index in [1.54, 1.807) is 0 Å². The van der Waals surface area contributed by atoms with Gasteiger partial charge in [-0.25, -0.2) is 0 Å². The van der Waals surface area contributed by atoms with E-state index in [0.717, 1.165) is 0 Å². The van der Waals surface area contributed by atoms with Crippen LogP contribution in [-0.4, -0.2) is 112 Å². The molecule has 0 amide bonds. The molecule has 1 N–H and O–H groups in total. The van der Waals surface area contributed by atoms with Crippen LogP contribution in [0.1, 0.15) is 6.42 Å². The summed E-state index contributed by atoms with van der Waals surface area (Å²) < 4.78 is 243. The van der Waals surface area contributed by atoms with Crippen LogP contribution < -0.4 is 0 Å². The molecule has 0 saturated carbocycles. The summed E-state index contributed by atoms with van der Waals surface area (Å²) in [6.07, 6.45) is -10.5. The van der Waals surface area contributed by atoms with Crippen molar-refractivity contribution in [2.45, 2.75) is 54.1 Å². The third-order valence-corrected chi connectivity index (χ3v) is 4.70. The van der Waals surface area contributed by atoms with Crippen LogP contribution in [0.4, 0.5) is 74.6 Å². The van der Waals surface area contributed by atoms with E-state index >= 15 is 0 Å². The van der Waals surface area contributed by atoms with Gasteiger partial charge in [-0.05, 0) is 0 Å². The van der Waals surface area contributed by atoms with Crippen LogP contribution in [0.3, 0.4) is 0 Å². The number of hydrogen-bond donors (Lipinski definition) is 1. The van der Waals surface area contributed by atoms with E-state index in [1.165, 1.54) is 0 Å². The van der Waals surface area contributed by atoms with E-state index in [1.807, 2.05) is 0 Å². The molecule has 0 aromatic carbocycles. The summed E-state index contributed by atoms with van der Waals surface area (Å²) >= 11 is 0. The highest BCUT2D eigenvalue weighted by molar-refractivity contribution is 5.15. The Morgan fingerprint density at radius 2 is 0.625 bits per heavy atom. The third-order valence-electron chi connectivity index (χ3n) is 4.70. The predicted octanol–water partition coefficient (Wildman–Crippen LogP) is 5.44. The van der Waals surface area contributed by atoms with E-state index in [4.69, 9.17) is 19.3 Å². The Morgan fingerprint density at radius 3 is 0.950 bits per heavy atom. The Labute approximate surface area is 213 Å². The maximum atomic E-state index is 13.7. The van der Waals surface area contributed by atoms with Gasteiger partial charge >= 0.3 is 47.6 Å². The van der Waals surface area contributed by atoms with E-state index in [-0.39, 0.29) is 39.6 Å². The van der Waals surface area contributed by atoms with E-state index in [2.05, 4.69) is 4.74 Å². The van der Waals surface area contributed by atoms with Crippen molar-refractivity contribution in [1.29, 1.82) is 0 Å². The van der Waals surface area contributed by atoms with Crippen molar-refractivity contribution < 1.29 is 98.7 Å². The average molecular weight is 640 g/mol. The smallest absolute Gasteiger partial charge is 0.394 e. The number of hydrogen-bond acceptors (Lipinski definition) is 5. The number of aliphatic hydroxyl groups is 1. The topological polar surface area (TPSA) is 57.2 Å². The van der Waals surface area contributed by atoms with Crippen molar-refractivity contribution in [2.75, 3.05) is 59.5 Å². The van der Waals surface area contributed by atoms with Crippen molar-refractivity contribution in [3.63, 3.8) is 0 Å².